The Balaban J connectivity index is 1.80. The van der Waals surface area contributed by atoms with E-state index in [1.165, 1.54) is 0 Å². The molecule has 2 aromatic rings. The number of aryl methyl sites for hydroxylation is 3. The van der Waals surface area contributed by atoms with Gasteiger partial charge in [0, 0.05) is 30.9 Å². The average Bonchev–Trinajstić information content (AvgIpc) is 3.07. The molecule has 0 radical (unpaired) electrons. The molecule has 0 bridgehead atoms. The molecule has 1 fully saturated rings. The standard InChI is InChI=1S/C20H25N3O5/c1-13-7-15(8-14(2)18(13)27-11-17(24)25)19(26)23-5-6-28-20(3,12-23)16-9-21-22(4)10-16/h7-10H,5-6,11-12H2,1-4H3,(H,24,25). The van der Waals surface area contributed by atoms with Crippen LogP contribution in [0.15, 0.2) is 24.5 Å². The summed E-state index contributed by atoms with van der Waals surface area (Å²) in [6.45, 7) is 6.52. The van der Waals surface area contributed by atoms with Gasteiger partial charge in [0.05, 0.1) is 19.3 Å². The molecule has 1 aromatic heterocycles. The number of ether oxygens (including phenoxy) is 2. The van der Waals surface area contributed by atoms with E-state index in [2.05, 4.69) is 5.10 Å². The summed E-state index contributed by atoms with van der Waals surface area (Å²) < 4.78 is 13.0. The van der Waals surface area contributed by atoms with Crippen LogP contribution in [0.4, 0.5) is 0 Å². The molecule has 28 heavy (non-hydrogen) atoms. The Hall–Kier alpha value is -2.87. The van der Waals surface area contributed by atoms with E-state index in [0.29, 0.717) is 31.0 Å². The summed E-state index contributed by atoms with van der Waals surface area (Å²) in [6.07, 6.45) is 3.66. The summed E-state index contributed by atoms with van der Waals surface area (Å²) in [4.78, 5) is 25.7. The predicted octanol–water partition coefficient (Wildman–Crippen LogP) is 1.89. The van der Waals surface area contributed by atoms with E-state index in [0.717, 1.165) is 16.7 Å². The number of carboxylic acid groups (broad SMARTS) is 1. The molecule has 1 N–H and O–H groups in total. The Morgan fingerprint density at radius 1 is 1.32 bits per heavy atom. The van der Waals surface area contributed by atoms with Gasteiger partial charge in [0.1, 0.15) is 11.4 Å². The van der Waals surface area contributed by atoms with E-state index in [-0.39, 0.29) is 5.91 Å². The van der Waals surface area contributed by atoms with Crippen LogP contribution in [-0.4, -0.2) is 58.0 Å². The van der Waals surface area contributed by atoms with E-state index in [4.69, 9.17) is 14.6 Å². The molecule has 0 saturated carbocycles. The van der Waals surface area contributed by atoms with Crippen LogP contribution in [0.5, 0.6) is 5.75 Å². The third kappa shape index (κ3) is 4.01. The number of carbonyl (C=O) groups is 2. The molecule has 1 saturated heterocycles. The van der Waals surface area contributed by atoms with Gasteiger partial charge < -0.3 is 19.5 Å². The SMILES string of the molecule is Cc1cc(C(=O)N2CCOC(C)(c3cnn(C)c3)C2)cc(C)c1OCC(=O)O. The van der Waals surface area contributed by atoms with Gasteiger partial charge in [-0.3, -0.25) is 9.48 Å². The maximum atomic E-state index is 13.1. The van der Waals surface area contributed by atoms with Crippen molar-refractivity contribution in [2.75, 3.05) is 26.3 Å². The van der Waals surface area contributed by atoms with Gasteiger partial charge in [-0.05, 0) is 44.0 Å². The number of carbonyl (C=O) groups excluding carboxylic acids is 1. The average molecular weight is 387 g/mol. The smallest absolute Gasteiger partial charge is 0.341 e. The zero-order valence-electron chi connectivity index (χ0n) is 16.6. The molecule has 8 nitrogen and oxygen atoms in total. The van der Waals surface area contributed by atoms with Crippen LogP contribution < -0.4 is 4.74 Å². The van der Waals surface area contributed by atoms with E-state index < -0.39 is 18.2 Å². The van der Waals surface area contributed by atoms with Gasteiger partial charge in [-0.25, -0.2) is 4.79 Å². The van der Waals surface area contributed by atoms with Crippen LogP contribution in [0.25, 0.3) is 0 Å². The Bertz CT molecular complexity index is 884. The zero-order chi connectivity index (χ0) is 20.5. The Kier molecular flexibility index (Phi) is 5.42. The van der Waals surface area contributed by atoms with Crippen molar-refractivity contribution in [3.05, 3.63) is 46.8 Å². The van der Waals surface area contributed by atoms with Crippen LogP contribution in [0.2, 0.25) is 0 Å². The topological polar surface area (TPSA) is 93.9 Å². The number of aliphatic carboxylic acids is 1. The van der Waals surface area contributed by atoms with Gasteiger partial charge >= 0.3 is 5.97 Å². The van der Waals surface area contributed by atoms with Gasteiger partial charge in [0.25, 0.3) is 5.91 Å². The summed E-state index contributed by atoms with van der Waals surface area (Å²) in [5, 5.41) is 13.0. The number of morpholine rings is 1. The minimum Gasteiger partial charge on any atom is -0.481 e. The maximum absolute atomic E-state index is 13.1. The molecule has 0 spiro atoms. The highest BCUT2D eigenvalue weighted by Crippen LogP contribution is 2.31. The van der Waals surface area contributed by atoms with Crippen molar-refractivity contribution in [2.24, 2.45) is 7.05 Å². The van der Waals surface area contributed by atoms with E-state index in [9.17, 15) is 9.59 Å². The molecule has 1 amide bonds. The lowest BCUT2D eigenvalue weighted by molar-refractivity contribution is -0.139. The molecule has 1 aromatic carbocycles. The molecule has 0 aliphatic carbocycles. The van der Waals surface area contributed by atoms with Crippen molar-refractivity contribution in [1.29, 1.82) is 0 Å². The molecule has 1 aliphatic rings. The second kappa shape index (κ2) is 7.63. The van der Waals surface area contributed by atoms with Crippen LogP contribution >= 0.6 is 0 Å². The number of hydrogen-bond donors (Lipinski definition) is 1. The van der Waals surface area contributed by atoms with Crippen LogP contribution in [0.3, 0.4) is 0 Å². The van der Waals surface area contributed by atoms with Gasteiger partial charge in [0.15, 0.2) is 6.61 Å². The van der Waals surface area contributed by atoms with Crippen molar-refractivity contribution >= 4 is 11.9 Å². The molecular weight excluding hydrogens is 362 g/mol. The first-order valence-electron chi connectivity index (χ1n) is 9.08. The lowest BCUT2D eigenvalue weighted by Gasteiger charge is -2.40. The molecule has 1 aliphatic heterocycles. The van der Waals surface area contributed by atoms with E-state index >= 15 is 0 Å². The molecule has 1 atom stereocenters. The van der Waals surface area contributed by atoms with Crippen LogP contribution in [0, 0.1) is 13.8 Å². The quantitative estimate of drug-likeness (QED) is 0.842. The van der Waals surface area contributed by atoms with Crippen LogP contribution in [-0.2, 0) is 22.2 Å². The number of aromatic nitrogens is 2. The molecule has 3 rings (SSSR count). The minimum absolute atomic E-state index is 0.0885. The second-order valence-corrected chi connectivity index (χ2v) is 7.33. The predicted molar refractivity (Wildman–Crippen MR) is 101 cm³/mol. The van der Waals surface area contributed by atoms with E-state index in [1.807, 2.05) is 20.2 Å². The van der Waals surface area contributed by atoms with Gasteiger partial charge in [-0.15, -0.1) is 0 Å². The largest absolute Gasteiger partial charge is 0.481 e. The number of rotatable bonds is 5. The Morgan fingerprint density at radius 3 is 2.57 bits per heavy atom. The summed E-state index contributed by atoms with van der Waals surface area (Å²) in [5.74, 6) is -0.627. The first kappa shape index (κ1) is 19.9. The fourth-order valence-electron chi connectivity index (χ4n) is 3.53. The Labute approximate surface area is 163 Å². The summed E-state index contributed by atoms with van der Waals surface area (Å²) in [7, 11) is 1.85. The van der Waals surface area contributed by atoms with Crippen molar-refractivity contribution < 1.29 is 24.2 Å². The third-order valence-electron chi connectivity index (χ3n) is 4.92. The Morgan fingerprint density at radius 2 is 2.00 bits per heavy atom. The lowest BCUT2D eigenvalue weighted by atomic mass is 9.96. The van der Waals surface area contributed by atoms with Gasteiger partial charge in [0.2, 0.25) is 0 Å². The summed E-state index contributed by atoms with van der Waals surface area (Å²) >= 11 is 0. The number of hydrogen-bond acceptors (Lipinski definition) is 5. The zero-order valence-corrected chi connectivity index (χ0v) is 16.6. The van der Waals surface area contributed by atoms with Crippen molar-refractivity contribution in [1.82, 2.24) is 14.7 Å². The maximum Gasteiger partial charge on any atom is 0.341 e. The summed E-state index contributed by atoms with van der Waals surface area (Å²) in [6, 6.07) is 3.48. The fourth-order valence-corrected chi connectivity index (χ4v) is 3.53. The highest BCUT2D eigenvalue weighted by Gasteiger charge is 2.37. The van der Waals surface area contributed by atoms with Crippen LogP contribution in [0.1, 0.15) is 34.0 Å². The highest BCUT2D eigenvalue weighted by atomic mass is 16.5. The van der Waals surface area contributed by atoms with Crippen molar-refractivity contribution in [3.63, 3.8) is 0 Å². The second-order valence-electron chi connectivity index (χ2n) is 7.33. The molecule has 1 unspecified atom stereocenters. The fraction of sp³-hybridized carbons (Fsp3) is 0.450. The summed E-state index contributed by atoms with van der Waals surface area (Å²) in [5.41, 5.74) is 2.32. The first-order chi connectivity index (χ1) is 13.2. The number of nitrogens with zero attached hydrogens (tertiary/aromatic N) is 3. The first-order valence-corrected chi connectivity index (χ1v) is 9.08. The van der Waals surface area contributed by atoms with Crippen molar-refractivity contribution in [3.8, 4) is 5.75 Å². The van der Waals surface area contributed by atoms with E-state index in [1.54, 1.807) is 41.8 Å². The molecule has 2 heterocycles. The number of benzene rings is 1. The molecular formula is C20H25N3O5. The number of amides is 1. The minimum atomic E-state index is -1.04. The normalized spacial score (nSPS) is 19.5. The molecule has 150 valence electrons. The monoisotopic (exact) mass is 387 g/mol. The van der Waals surface area contributed by atoms with Gasteiger partial charge in [-0.1, -0.05) is 0 Å². The lowest BCUT2D eigenvalue weighted by Crippen LogP contribution is -2.50. The molecule has 8 heteroatoms. The number of carboxylic acids is 1. The highest BCUT2D eigenvalue weighted by molar-refractivity contribution is 5.95. The third-order valence-corrected chi connectivity index (χ3v) is 4.92. The van der Waals surface area contributed by atoms with Gasteiger partial charge in [-0.2, -0.15) is 5.10 Å². The van der Waals surface area contributed by atoms with Crippen molar-refractivity contribution in [2.45, 2.75) is 26.4 Å².